The monoisotopic (exact) mass is 299 g/mol. The van der Waals surface area contributed by atoms with Crippen molar-refractivity contribution in [2.45, 2.75) is 13.0 Å². The second kappa shape index (κ2) is 5.94. The maximum atomic E-state index is 11.6. The quantitative estimate of drug-likeness (QED) is 0.811. The summed E-state index contributed by atoms with van der Waals surface area (Å²) < 4.78 is 23.1. The molecule has 0 aliphatic carbocycles. The molecule has 2 rings (SSSR count). The number of nitrogens with two attached hydrogens (primary N) is 1. The highest BCUT2D eigenvalue weighted by molar-refractivity contribution is 7.91. The summed E-state index contributed by atoms with van der Waals surface area (Å²) in [6.45, 7) is 1.95. The summed E-state index contributed by atoms with van der Waals surface area (Å²) in [5, 5.41) is 0. The van der Waals surface area contributed by atoms with Gasteiger partial charge < -0.3 is 5.73 Å². The van der Waals surface area contributed by atoms with Gasteiger partial charge in [-0.2, -0.15) is 0 Å². The maximum Gasteiger partial charge on any atom is 0.151 e. The Labute approximate surface area is 118 Å². The van der Waals surface area contributed by atoms with E-state index in [1.165, 1.54) is 0 Å². The molecule has 1 aliphatic rings. The van der Waals surface area contributed by atoms with E-state index in [2.05, 4.69) is 9.88 Å². The van der Waals surface area contributed by atoms with Crippen molar-refractivity contribution in [1.82, 2.24) is 9.88 Å². The number of hydrogen-bond acceptors (Lipinski definition) is 5. The lowest BCUT2D eigenvalue weighted by molar-refractivity contribution is 0.287. The zero-order valence-electron chi connectivity index (χ0n) is 10.6. The van der Waals surface area contributed by atoms with Crippen LogP contribution in [0.2, 0.25) is 0 Å². The highest BCUT2D eigenvalue weighted by Crippen LogP contribution is 2.12. The largest absolute Gasteiger partial charge is 0.388 e. The number of sulfone groups is 1. The van der Waals surface area contributed by atoms with Crippen molar-refractivity contribution in [3.8, 4) is 0 Å². The van der Waals surface area contributed by atoms with Gasteiger partial charge in [0.05, 0.1) is 11.5 Å². The summed E-state index contributed by atoms with van der Waals surface area (Å²) >= 11 is 4.98. The first-order valence-electron chi connectivity index (χ1n) is 6.14. The average Bonchev–Trinajstić information content (AvgIpc) is 2.51. The molecule has 0 bridgehead atoms. The lowest BCUT2D eigenvalue weighted by Gasteiger charge is -2.20. The van der Waals surface area contributed by atoms with Crippen LogP contribution in [0.25, 0.3) is 0 Å². The fourth-order valence-corrected chi connectivity index (χ4v) is 3.67. The van der Waals surface area contributed by atoms with Gasteiger partial charge in [0.25, 0.3) is 0 Å². The van der Waals surface area contributed by atoms with E-state index >= 15 is 0 Å². The molecule has 0 atom stereocenters. The predicted octanol–water partition coefficient (Wildman–Crippen LogP) is 0.336. The molecule has 5 nitrogen and oxygen atoms in total. The standard InChI is InChI=1S/C12H17N3O2S2/c13-12(18)11-10(3-1-4-14-11)9-15-5-2-7-19(16,17)8-6-15/h1,3-4H,2,5-9H2,(H2,13,18). The molecule has 0 unspecified atom stereocenters. The zero-order valence-corrected chi connectivity index (χ0v) is 12.2. The smallest absolute Gasteiger partial charge is 0.151 e. The minimum atomic E-state index is -2.88. The van der Waals surface area contributed by atoms with Gasteiger partial charge in [-0.3, -0.25) is 9.88 Å². The van der Waals surface area contributed by atoms with E-state index in [0.717, 1.165) is 12.1 Å². The summed E-state index contributed by atoms with van der Waals surface area (Å²) in [6.07, 6.45) is 2.33. The molecule has 1 fully saturated rings. The second-order valence-corrected chi connectivity index (χ2v) is 7.40. The minimum Gasteiger partial charge on any atom is -0.388 e. The first-order valence-corrected chi connectivity index (χ1v) is 8.37. The zero-order chi connectivity index (χ0) is 13.9. The van der Waals surface area contributed by atoms with E-state index in [1.807, 2.05) is 12.1 Å². The van der Waals surface area contributed by atoms with Crippen molar-refractivity contribution in [3.05, 3.63) is 29.6 Å². The van der Waals surface area contributed by atoms with Crippen LogP contribution in [-0.2, 0) is 16.4 Å². The molecular formula is C12H17N3O2S2. The summed E-state index contributed by atoms with van der Waals surface area (Å²) in [5.74, 6) is 0.494. The molecule has 0 saturated carbocycles. The van der Waals surface area contributed by atoms with E-state index in [9.17, 15) is 8.42 Å². The SMILES string of the molecule is NC(=S)c1ncccc1CN1CCCS(=O)(=O)CC1. The van der Waals surface area contributed by atoms with Gasteiger partial charge in [0.1, 0.15) is 10.7 Å². The predicted molar refractivity (Wildman–Crippen MR) is 78.7 cm³/mol. The van der Waals surface area contributed by atoms with Gasteiger partial charge in [0, 0.05) is 19.3 Å². The van der Waals surface area contributed by atoms with Crippen molar-refractivity contribution >= 4 is 27.0 Å². The molecule has 1 aromatic heterocycles. The Hall–Kier alpha value is -1.05. The van der Waals surface area contributed by atoms with E-state index in [0.29, 0.717) is 25.2 Å². The van der Waals surface area contributed by atoms with Gasteiger partial charge in [0.2, 0.25) is 0 Å². The van der Waals surface area contributed by atoms with Crippen molar-refractivity contribution in [3.63, 3.8) is 0 Å². The van der Waals surface area contributed by atoms with Crippen LogP contribution in [0, 0.1) is 0 Å². The molecule has 2 N–H and O–H groups in total. The van der Waals surface area contributed by atoms with Gasteiger partial charge in [-0.15, -0.1) is 0 Å². The molecule has 7 heteroatoms. The van der Waals surface area contributed by atoms with Gasteiger partial charge in [-0.25, -0.2) is 8.42 Å². The lowest BCUT2D eigenvalue weighted by atomic mass is 10.1. The van der Waals surface area contributed by atoms with Crippen LogP contribution in [0.4, 0.5) is 0 Å². The summed E-state index contributed by atoms with van der Waals surface area (Å²) in [5.41, 5.74) is 7.23. The molecule has 0 radical (unpaired) electrons. The molecule has 1 aromatic rings. The van der Waals surface area contributed by atoms with Crippen LogP contribution in [0.15, 0.2) is 18.3 Å². The Morgan fingerprint density at radius 1 is 1.42 bits per heavy atom. The molecule has 2 heterocycles. The molecule has 104 valence electrons. The third-order valence-corrected chi connectivity index (χ3v) is 5.08. The number of aromatic nitrogens is 1. The Kier molecular flexibility index (Phi) is 4.49. The van der Waals surface area contributed by atoms with Crippen LogP contribution >= 0.6 is 12.2 Å². The van der Waals surface area contributed by atoms with E-state index in [-0.39, 0.29) is 16.5 Å². The number of pyridine rings is 1. The molecule has 1 aliphatic heterocycles. The number of rotatable bonds is 3. The summed E-state index contributed by atoms with van der Waals surface area (Å²) in [7, 11) is -2.88. The molecule has 0 amide bonds. The highest BCUT2D eigenvalue weighted by atomic mass is 32.2. The first-order chi connectivity index (χ1) is 8.98. The molecule has 19 heavy (non-hydrogen) atoms. The van der Waals surface area contributed by atoms with E-state index in [1.54, 1.807) is 6.20 Å². The van der Waals surface area contributed by atoms with Crippen LogP contribution < -0.4 is 5.73 Å². The average molecular weight is 299 g/mol. The Morgan fingerprint density at radius 3 is 2.95 bits per heavy atom. The molecule has 0 spiro atoms. The second-order valence-electron chi connectivity index (χ2n) is 4.66. The fourth-order valence-electron chi connectivity index (χ4n) is 2.18. The maximum absolute atomic E-state index is 11.6. The Bertz CT molecular complexity index is 572. The van der Waals surface area contributed by atoms with Gasteiger partial charge in [-0.1, -0.05) is 18.3 Å². The Balaban J connectivity index is 2.11. The molecule has 1 saturated heterocycles. The van der Waals surface area contributed by atoms with Crippen molar-refractivity contribution in [1.29, 1.82) is 0 Å². The van der Waals surface area contributed by atoms with E-state index < -0.39 is 9.84 Å². The lowest BCUT2D eigenvalue weighted by Crippen LogP contribution is -2.28. The van der Waals surface area contributed by atoms with Crippen molar-refractivity contribution < 1.29 is 8.42 Å². The van der Waals surface area contributed by atoms with E-state index in [4.69, 9.17) is 18.0 Å². The normalized spacial score (nSPS) is 19.8. The van der Waals surface area contributed by atoms with Crippen molar-refractivity contribution in [2.24, 2.45) is 5.73 Å². The topological polar surface area (TPSA) is 76.3 Å². The molecular weight excluding hydrogens is 282 g/mol. The van der Waals surface area contributed by atoms with Gasteiger partial charge in [-0.05, 0) is 24.6 Å². The number of nitrogens with zero attached hydrogens (tertiary/aromatic N) is 2. The van der Waals surface area contributed by atoms with Crippen LogP contribution in [-0.4, -0.2) is 47.9 Å². The minimum absolute atomic E-state index is 0.218. The Morgan fingerprint density at radius 2 is 2.21 bits per heavy atom. The van der Waals surface area contributed by atoms with Crippen LogP contribution in [0.5, 0.6) is 0 Å². The number of hydrogen-bond donors (Lipinski definition) is 1. The summed E-state index contributed by atoms with van der Waals surface area (Å²) in [4.78, 5) is 6.57. The van der Waals surface area contributed by atoms with Crippen molar-refractivity contribution in [2.75, 3.05) is 24.6 Å². The fraction of sp³-hybridized carbons (Fsp3) is 0.500. The number of thiocarbonyl (C=S) groups is 1. The van der Waals surface area contributed by atoms with Gasteiger partial charge >= 0.3 is 0 Å². The first kappa shape index (κ1) is 14.4. The van der Waals surface area contributed by atoms with Crippen LogP contribution in [0.3, 0.4) is 0 Å². The summed E-state index contributed by atoms with van der Waals surface area (Å²) in [6, 6.07) is 3.77. The molecule has 0 aromatic carbocycles. The van der Waals surface area contributed by atoms with Gasteiger partial charge in [0.15, 0.2) is 9.84 Å². The highest BCUT2D eigenvalue weighted by Gasteiger charge is 2.20. The van der Waals surface area contributed by atoms with Crippen LogP contribution in [0.1, 0.15) is 17.7 Å². The third kappa shape index (κ3) is 3.95. The third-order valence-electron chi connectivity index (χ3n) is 3.17.